The van der Waals surface area contributed by atoms with Gasteiger partial charge in [0.1, 0.15) is 0 Å². The number of ketones is 2. The molecule has 1 fully saturated rings. The highest BCUT2D eigenvalue weighted by molar-refractivity contribution is 5.98. The van der Waals surface area contributed by atoms with Crippen molar-refractivity contribution in [2.45, 2.75) is 25.7 Å². The van der Waals surface area contributed by atoms with Gasteiger partial charge in [-0.15, -0.1) is 0 Å². The number of rotatable bonds is 3. The number of anilines is 1. The van der Waals surface area contributed by atoms with Crippen molar-refractivity contribution in [2.75, 3.05) is 25.0 Å². The summed E-state index contributed by atoms with van der Waals surface area (Å²) in [5, 5.41) is 6.42. The van der Waals surface area contributed by atoms with Crippen molar-refractivity contribution in [3.05, 3.63) is 29.3 Å². The molecule has 106 valence electrons. The van der Waals surface area contributed by atoms with E-state index < -0.39 is 0 Å². The lowest BCUT2D eigenvalue weighted by molar-refractivity contribution is -0.117. The molecule has 0 aliphatic carbocycles. The Balaban J connectivity index is 1.70. The third-order valence-corrected chi connectivity index (χ3v) is 4.23. The summed E-state index contributed by atoms with van der Waals surface area (Å²) in [5.41, 5.74) is 2.71. The van der Waals surface area contributed by atoms with Gasteiger partial charge in [-0.2, -0.15) is 0 Å². The van der Waals surface area contributed by atoms with Gasteiger partial charge in [-0.05, 0) is 43.5 Å². The van der Waals surface area contributed by atoms with Crippen LogP contribution in [0, 0.1) is 5.92 Å². The largest absolute Gasteiger partial charge is 0.378 e. The van der Waals surface area contributed by atoms with Crippen molar-refractivity contribution < 1.29 is 9.59 Å². The fourth-order valence-electron chi connectivity index (χ4n) is 3.00. The lowest BCUT2D eigenvalue weighted by Crippen LogP contribution is -2.29. The zero-order valence-corrected chi connectivity index (χ0v) is 11.6. The van der Waals surface area contributed by atoms with Crippen molar-refractivity contribution in [1.82, 2.24) is 5.32 Å². The lowest BCUT2D eigenvalue weighted by Gasteiger charge is -2.22. The van der Waals surface area contributed by atoms with Gasteiger partial charge >= 0.3 is 0 Å². The van der Waals surface area contributed by atoms with Gasteiger partial charge < -0.3 is 10.6 Å². The van der Waals surface area contributed by atoms with Crippen LogP contribution in [0.3, 0.4) is 0 Å². The Kier molecular flexibility index (Phi) is 3.83. The summed E-state index contributed by atoms with van der Waals surface area (Å²) in [7, 11) is 0. The number of hydrogen-bond acceptors (Lipinski definition) is 4. The van der Waals surface area contributed by atoms with Crippen LogP contribution >= 0.6 is 0 Å². The molecular weight excluding hydrogens is 252 g/mol. The maximum Gasteiger partial charge on any atom is 0.163 e. The molecule has 0 spiro atoms. The van der Waals surface area contributed by atoms with Gasteiger partial charge in [-0.1, -0.05) is 12.1 Å². The number of benzene rings is 1. The third kappa shape index (κ3) is 2.90. The second kappa shape index (κ2) is 5.75. The smallest absolute Gasteiger partial charge is 0.163 e. The number of carbonyl (C=O) groups excluding carboxylic acids is 2. The molecule has 1 saturated heterocycles. The van der Waals surface area contributed by atoms with Gasteiger partial charge in [0, 0.05) is 24.1 Å². The summed E-state index contributed by atoms with van der Waals surface area (Å²) < 4.78 is 0. The van der Waals surface area contributed by atoms with Crippen molar-refractivity contribution in [1.29, 1.82) is 0 Å². The van der Waals surface area contributed by atoms with Gasteiger partial charge in [0.15, 0.2) is 11.6 Å². The van der Waals surface area contributed by atoms with Crippen LogP contribution in [0.5, 0.6) is 0 Å². The standard InChI is InChI=1S/C16H20N2O2/c19-14-8-12-1-2-13(9-15(12)18-10-14)16(20)7-11-3-5-17-6-4-11/h1-2,9,11,17-18H,3-8,10H2. The highest BCUT2D eigenvalue weighted by Gasteiger charge is 2.20. The van der Waals surface area contributed by atoms with Crippen molar-refractivity contribution in [3.8, 4) is 0 Å². The van der Waals surface area contributed by atoms with Crippen LogP contribution in [0.15, 0.2) is 18.2 Å². The number of piperidine rings is 1. The van der Waals surface area contributed by atoms with Crippen molar-refractivity contribution in [3.63, 3.8) is 0 Å². The zero-order chi connectivity index (χ0) is 13.9. The molecule has 1 aromatic rings. The molecule has 1 aromatic carbocycles. The number of Topliss-reactive ketones (excluding diaryl/α,β-unsaturated/α-hetero) is 2. The van der Waals surface area contributed by atoms with Gasteiger partial charge in [-0.3, -0.25) is 9.59 Å². The van der Waals surface area contributed by atoms with E-state index in [0.717, 1.165) is 42.7 Å². The maximum absolute atomic E-state index is 12.3. The first-order valence-electron chi connectivity index (χ1n) is 7.35. The molecule has 2 N–H and O–H groups in total. The first kappa shape index (κ1) is 13.3. The quantitative estimate of drug-likeness (QED) is 0.824. The first-order valence-corrected chi connectivity index (χ1v) is 7.35. The molecule has 0 saturated carbocycles. The average Bonchev–Trinajstić information content (AvgIpc) is 2.47. The minimum atomic E-state index is 0.200. The van der Waals surface area contributed by atoms with Crippen LogP contribution in [0.1, 0.15) is 35.2 Å². The van der Waals surface area contributed by atoms with E-state index in [2.05, 4.69) is 10.6 Å². The second-order valence-corrected chi connectivity index (χ2v) is 5.76. The fourth-order valence-corrected chi connectivity index (χ4v) is 3.00. The number of fused-ring (bicyclic) bond motifs is 1. The number of hydrogen-bond donors (Lipinski definition) is 2. The first-order chi connectivity index (χ1) is 9.72. The predicted octanol–water partition coefficient (Wildman–Crippen LogP) is 1.80. The Morgan fingerprint density at radius 1 is 1.25 bits per heavy atom. The van der Waals surface area contributed by atoms with E-state index >= 15 is 0 Å². The molecule has 4 heteroatoms. The Morgan fingerprint density at radius 3 is 2.85 bits per heavy atom. The van der Waals surface area contributed by atoms with Crippen LogP contribution in [0.25, 0.3) is 0 Å². The van der Waals surface area contributed by atoms with E-state index in [1.165, 1.54) is 0 Å². The predicted molar refractivity (Wildman–Crippen MR) is 78.2 cm³/mol. The lowest BCUT2D eigenvalue weighted by atomic mass is 9.90. The van der Waals surface area contributed by atoms with E-state index in [1.54, 1.807) is 0 Å². The third-order valence-electron chi connectivity index (χ3n) is 4.23. The molecule has 2 heterocycles. The van der Waals surface area contributed by atoms with Crippen LogP contribution < -0.4 is 10.6 Å². The monoisotopic (exact) mass is 272 g/mol. The molecular formula is C16H20N2O2. The summed E-state index contributed by atoms with van der Waals surface area (Å²) in [4.78, 5) is 23.7. The van der Waals surface area contributed by atoms with Gasteiger partial charge in [0.2, 0.25) is 0 Å². The molecule has 2 aliphatic rings. The van der Waals surface area contributed by atoms with Gasteiger partial charge in [-0.25, -0.2) is 0 Å². The van der Waals surface area contributed by atoms with Crippen LogP contribution in [-0.2, 0) is 11.2 Å². The molecule has 0 unspecified atom stereocenters. The Morgan fingerprint density at radius 2 is 2.05 bits per heavy atom. The SMILES string of the molecule is O=C1CNc2cc(C(=O)CC3CCNCC3)ccc2C1. The molecule has 0 amide bonds. The summed E-state index contributed by atoms with van der Waals surface area (Å²) >= 11 is 0. The zero-order valence-electron chi connectivity index (χ0n) is 11.6. The summed E-state index contributed by atoms with van der Waals surface area (Å²) in [6, 6.07) is 5.68. The molecule has 20 heavy (non-hydrogen) atoms. The van der Waals surface area contributed by atoms with Crippen LogP contribution in [-0.4, -0.2) is 31.2 Å². The van der Waals surface area contributed by atoms with E-state index in [0.29, 0.717) is 25.3 Å². The maximum atomic E-state index is 12.3. The van der Waals surface area contributed by atoms with Crippen LogP contribution in [0.2, 0.25) is 0 Å². The topological polar surface area (TPSA) is 58.2 Å². The van der Waals surface area contributed by atoms with Crippen molar-refractivity contribution in [2.24, 2.45) is 5.92 Å². The van der Waals surface area contributed by atoms with E-state index in [1.807, 2.05) is 18.2 Å². The van der Waals surface area contributed by atoms with E-state index in [4.69, 9.17) is 0 Å². The van der Waals surface area contributed by atoms with E-state index in [-0.39, 0.29) is 11.6 Å². The van der Waals surface area contributed by atoms with E-state index in [9.17, 15) is 9.59 Å². The summed E-state index contributed by atoms with van der Waals surface area (Å²) in [6.45, 7) is 2.41. The molecule has 2 aliphatic heterocycles. The Hall–Kier alpha value is -1.68. The Bertz CT molecular complexity index is 533. The van der Waals surface area contributed by atoms with Gasteiger partial charge in [0.05, 0.1) is 6.54 Å². The molecule has 0 radical (unpaired) electrons. The fraction of sp³-hybridized carbons (Fsp3) is 0.500. The highest BCUT2D eigenvalue weighted by Crippen LogP contribution is 2.24. The van der Waals surface area contributed by atoms with Gasteiger partial charge in [0.25, 0.3) is 0 Å². The number of carbonyl (C=O) groups is 2. The van der Waals surface area contributed by atoms with Crippen LogP contribution in [0.4, 0.5) is 5.69 Å². The highest BCUT2D eigenvalue weighted by atomic mass is 16.1. The number of nitrogens with one attached hydrogen (secondary N) is 2. The second-order valence-electron chi connectivity index (χ2n) is 5.76. The van der Waals surface area contributed by atoms with Crippen molar-refractivity contribution >= 4 is 17.3 Å². The normalized spacial score (nSPS) is 19.3. The molecule has 0 aromatic heterocycles. The minimum Gasteiger partial charge on any atom is -0.378 e. The molecule has 3 rings (SSSR count). The molecule has 0 bridgehead atoms. The molecule has 0 atom stereocenters. The average molecular weight is 272 g/mol. The summed E-state index contributed by atoms with van der Waals surface area (Å²) in [6.07, 6.45) is 3.29. The molecule has 4 nitrogen and oxygen atoms in total. The Labute approximate surface area is 118 Å². The summed E-state index contributed by atoms with van der Waals surface area (Å²) in [5.74, 6) is 0.930. The minimum absolute atomic E-state index is 0.200.